The SMILES string of the molecule is Nc1cc(-c2ccc3cc(N)ccc3c2)cc(-c2ccc3cc(N)ccc3c2)c1. The molecule has 0 bridgehead atoms. The van der Waals surface area contributed by atoms with Crippen LogP contribution >= 0.6 is 0 Å². The van der Waals surface area contributed by atoms with Gasteiger partial charge in [0.05, 0.1) is 0 Å². The molecule has 0 fully saturated rings. The first kappa shape index (κ1) is 17.1. The monoisotopic (exact) mass is 375 g/mol. The van der Waals surface area contributed by atoms with Crippen LogP contribution in [0.2, 0.25) is 0 Å². The lowest BCUT2D eigenvalue weighted by Crippen LogP contribution is -1.90. The van der Waals surface area contributed by atoms with E-state index in [-0.39, 0.29) is 0 Å². The van der Waals surface area contributed by atoms with E-state index in [0.29, 0.717) is 0 Å². The molecule has 5 rings (SSSR count). The number of hydrogen-bond acceptors (Lipinski definition) is 3. The standard InChI is InChI=1S/C26H21N3/c27-24-7-5-16-9-18(1-3-20(16)12-24)22-11-23(15-26(29)14-22)19-2-4-21-13-25(28)8-6-17(21)10-19/h1-15H,27-29H2. The number of hydrogen-bond donors (Lipinski definition) is 3. The molecular weight excluding hydrogens is 354 g/mol. The van der Waals surface area contributed by atoms with Crippen molar-refractivity contribution in [2.75, 3.05) is 17.2 Å². The summed E-state index contributed by atoms with van der Waals surface area (Å²) in [5, 5.41) is 4.58. The fourth-order valence-corrected chi connectivity index (χ4v) is 3.87. The molecule has 0 spiro atoms. The molecule has 140 valence electrons. The Morgan fingerprint density at radius 3 is 1.21 bits per heavy atom. The van der Waals surface area contributed by atoms with Crippen molar-refractivity contribution in [2.24, 2.45) is 0 Å². The lowest BCUT2D eigenvalue weighted by molar-refractivity contribution is 1.60. The third kappa shape index (κ3) is 3.23. The van der Waals surface area contributed by atoms with Gasteiger partial charge in [-0.15, -0.1) is 0 Å². The van der Waals surface area contributed by atoms with Crippen molar-refractivity contribution in [1.82, 2.24) is 0 Å². The third-order valence-corrected chi connectivity index (χ3v) is 5.35. The van der Waals surface area contributed by atoms with E-state index in [0.717, 1.165) is 60.9 Å². The molecule has 0 atom stereocenters. The van der Waals surface area contributed by atoms with E-state index < -0.39 is 0 Å². The predicted octanol–water partition coefficient (Wildman–Crippen LogP) is 6.07. The van der Waals surface area contributed by atoms with E-state index in [9.17, 15) is 0 Å². The lowest BCUT2D eigenvalue weighted by Gasteiger charge is -2.11. The van der Waals surface area contributed by atoms with Crippen LogP contribution in [0.25, 0.3) is 43.8 Å². The van der Waals surface area contributed by atoms with E-state index in [1.54, 1.807) is 0 Å². The topological polar surface area (TPSA) is 78.1 Å². The molecule has 0 amide bonds. The van der Waals surface area contributed by atoms with Gasteiger partial charge in [-0.05, 0) is 98.4 Å². The van der Waals surface area contributed by atoms with Gasteiger partial charge < -0.3 is 17.2 Å². The highest BCUT2D eigenvalue weighted by atomic mass is 14.5. The molecule has 6 N–H and O–H groups in total. The van der Waals surface area contributed by atoms with E-state index in [2.05, 4.69) is 54.6 Å². The Labute approximate surface area is 169 Å². The zero-order valence-electron chi connectivity index (χ0n) is 15.9. The average Bonchev–Trinajstić information content (AvgIpc) is 2.72. The molecule has 5 aromatic rings. The highest BCUT2D eigenvalue weighted by Gasteiger charge is 2.07. The van der Waals surface area contributed by atoms with Gasteiger partial charge in [0.15, 0.2) is 0 Å². The molecule has 0 aromatic heterocycles. The Kier molecular flexibility index (Phi) is 3.88. The first-order valence-electron chi connectivity index (χ1n) is 9.55. The second-order valence-electron chi connectivity index (χ2n) is 7.49. The molecule has 3 nitrogen and oxygen atoms in total. The number of rotatable bonds is 2. The van der Waals surface area contributed by atoms with Crippen LogP contribution in [0.4, 0.5) is 17.1 Å². The minimum atomic E-state index is 0.743. The number of nitrogen functional groups attached to an aromatic ring is 3. The van der Waals surface area contributed by atoms with Gasteiger partial charge in [0.1, 0.15) is 0 Å². The molecule has 0 radical (unpaired) electrons. The minimum absolute atomic E-state index is 0.743. The third-order valence-electron chi connectivity index (χ3n) is 5.35. The number of anilines is 3. The van der Waals surface area contributed by atoms with Gasteiger partial charge in [0.25, 0.3) is 0 Å². The van der Waals surface area contributed by atoms with Crippen LogP contribution in [-0.4, -0.2) is 0 Å². The number of fused-ring (bicyclic) bond motifs is 2. The summed E-state index contributed by atoms with van der Waals surface area (Å²) in [5.41, 5.74) is 24.8. The lowest BCUT2D eigenvalue weighted by atomic mass is 9.95. The molecule has 0 heterocycles. The largest absolute Gasteiger partial charge is 0.399 e. The predicted molar refractivity (Wildman–Crippen MR) is 126 cm³/mol. The Morgan fingerprint density at radius 1 is 0.310 bits per heavy atom. The van der Waals surface area contributed by atoms with Gasteiger partial charge in [-0.25, -0.2) is 0 Å². The van der Waals surface area contributed by atoms with E-state index in [4.69, 9.17) is 17.2 Å². The maximum absolute atomic E-state index is 6.27. The van der Waals surface area contributed by atoms with Gasteiger partial charge in [-0.3, -0.25) is 0 Å². The summed E-state index contributed by atoms with van der Waals surface area (Å²) in [6.07, 6.45) is 0. The first-order valence-corrected chi connectivity index (χ1v) is 9.55. The fraction of sp³-hybridized carbons (Fsp3) is 0. The Balaban J connectivity index is 1.62. The van der Waals surface area contributed by atoms with E-state index in [1.807, 2.05) is 36.4 Å². The molecule has 0 aliphatic heterocycles. The molecule has 0 aliphatic carbocycles. The van der Waals surface area contributed by atoms with Gasteiger partial charge in [-0.1, -0.05) is 36.4 Å². The molecule has 0 saturated heterocycles. The van der Waals surface area contributed by atoms with E-state index in [1.165, 1.54) is 0 Å². The maximum atomic E-state index is 6.27. The minimum Gasteiger partial charge on any atom is -0.399 e. The quantitative estimate of drug-likeness (QED) is 0.327. The normalized spacial score (nSPS) is 11.2. The summed E-state index contributed by atoms with van der Waals surface area (Å²) in [4.78, 5) is 0. The summed E-state index contributed by atoms with van der Waals surface area (Å²) < 4.78 is 0. The molecule has 0 aliphatic rings. The highest BCUT2D eigenvalue weighted by Crippen LogP contribution is 2.33. The van der Waals surface area contributed by atoms with Crippen molar-refractivity contribution in [3.63, 3.8) is 0 Å². The fourth-order valence-electron chi connectivity index (χ4n) is 3.87. The van der Waals surface area contributed by atoms with Crippen LogP contribution in [0.5, 0.6) is 0 Å². The van der Waals surface area contributed by atoms with Crippen LogP contribution in [0.3, 0.4) is 0 Å². The van der Waals surface area contributed by atoms with Crippen LogP contribution < -0.4 is 17.2 Å². The highest BCUT2D eigenvalue weighted by molar-refractivity contribution is 5.92. The van der Waals surface area contributed by atoms with Crippen molar-refractivity contribution in [3.05, 3.63) is 91.0 Å². The van der Waals surface area contributed by atoms with Gasteiger partial charge in [0.2, 0.25) is 0 Å². The second-order valence-corrected chi connectivity index (χ2v) is 7.49. The van der Waals surface area contributed by atoms with E-state index >= 15 is 0 Å². The first-order chi connectivity index (χ1) is 14.0. The van der Waals surface area contributed by atoms with Crippen molar-refractivity contribution in [1.29, 1.82) is 0 Å². The maximum Gasteiger partial charge on any atom is 0.0326 e. The summed E-state index contributed by atoms with van der Waals surface area (Å²) in [6, 6.07) is 31.0. The van der Waals surface area contributed by atoms with Crippen LogP contribution in [0.15, 0.2) is 91.0 Å². The molecule has 29 heavy (non-hydrogen) atoms. The summed E-state index contributed by atoms with van der Waals surface area (Å²) in [7, 11) is 0. The van der Waals surface area contributed by atoms with Crippen molar-refractivity contribution in [3.8, 4) is 22.3 Å². The summed E-state index contributed by atoms with van der Waals surface area (Å²) >= 11 is 0. The van der Waals surface area contributed by atoms with Crippen LogP contribution in [-0.2, 0) is 0 Å². The Hall–Kier alpha value is -3.98. The molecule has 0 saturated carbocycles. The van der Waals surface area contributed by atoms with Crippen molar-refractivity contribution >= 4 is 38.6 Å². The molecule has 5 aromatic carbocycles. The molecule has 0 unspecified atom stereocenters. The second kappa shape index (κ2) is 6.57. The number of benzene rings is 5. The van der Waals surface area contributed by atoms with Crippen molar-refractivity contribution < 1.29 is 0 Å². The van der Waals surface area contributed by atoms with Crippen LogP contribution in [0.1, 0.15) is 0 Å². The zero-order chi connectivity index (χ0) is 20.0. The summed E-state index contributed by atoms with van der Waals surface area (Å²) in [6.45, 7) is 0. The summed E-state index contributed by atoms with van der Waals surface area (Å²) in [5.74, 6) is 0. The van der Waals surface area contributed by atoms with Gasteiger partial charge >= 0.3 is 0 Å². The Morgan fingerprint density at radius 2 is 0.724 bits per heavy atom. The molecule has 3 heteroatoms. The average molecular weight is 375 g/mol. The van der Waals surface area contributed by atoms with Crippen molar-refractivity contribution in [2.45, 2.75) is 0 Å². The Bertz CT molecular complexity index is 1280. The smallest absolute Gasteiger partial charge is 0.0326 e. The zero-order valence-corrected chi connectivity index (χ0v) is 15.9. The van der Waals surface area contributed by atoms with Gasteiger partial charge in [0, 0.05) is 17.1 Å². The van der Waals surface area contributed by atoms with Gasteiger partial charge in [-0.2, -0.15) is 0 Å². The van der Waals surface area contributed by atoms with Crippen LogP contribution in [0, 0.1) is 0 Å². The molecular formula is C26H21N3. The number of nitrogens with two attached hydrogens (primary N) is 3.